The molecule has 1 saturated heterocycles. The van der Waals surface area contributed by atoms with Crippen LogP contribution in [-0.4, -0.2) is 37.5 Å². The maximum Gasteiger partial charge on any atom is 0.252 e. The van der Waals surface area contributed by atoms with Gasteiger partial charge in [-0.15, -0.1) is 11.3 Å². The van der Waals surface area contributed by atoms with Crippen molar-refractivity contribution in [3.05, 3.63) is 17.0 Å². The second-order valence-electron chi connectivity index (χ2n) is 4.26. The lowest BCUT2D eigenvalue weighted by Crippen LogP contribution is -2.28. The highest BCUT2D eigenvalue weighted by Gasteiger charge is 2.33. The molecule has 1 atom stereocenters. The third-order valence-electron chi connectivity index (χ3n) is 3.07. The molecule has 0 bridgehead atoms. The van der Waals surface area contributed by atoms with Crippen LogP contribution in [0.2, 0.25) is 0 Å². The van der Waals surface area contributed by atoms with E-state index in [9.17, 15) is 8.42 Å². The number of thiophene rings is 1. The van der Waals surface area contributed by atoms with Crippen LogP contribution in [0.3, 0.4) is 0 Å². The number of rotatable bonds is 4. The lowest BCUT2D eigenvalue weighted by molar-refractivity contribution is 0.260. The molecular weight excluding hydrogens is 272 g/mol. The standard InChI is InChI=1S/C11H14N2O3S2/c12-7-10-1-2-11(17-10)18(15,16)13-5-3-9(8-13)4-6-14/h1-2,9,14H,3-6,8H2. The molecule has 2 heterocycles. The fourth-order valence-corrected chi connectivity index (χ4v) is 4.87. The summed E-state index contributed by atoms with van der Waals surface area (Å²) in [4.78, 5) is 0.402. The van der Waals surface area contributed by atoms with Gasteiger partial charge in [0.15, 0.2) is 0 Å². The SMILES string of the molecule is N#Cc1ccc(S(=O)(=O)N2CCC(CCO)C2)s1. The van der Waals surface area contributed by atoms with E-state index in [0.717, 1.165) is 17.8 Å². The van der Waals surface area contributed by atoms with Crippen molar-refractivity contribution in [2.45, 2.75) is 17.1 Å². The maximum absolute atomic E-state index is 12.3. The van der Waals surface area contributed by atoms with Crippen LogP contribution in [0.4, 0.5) is 0 Å². The molecule has 0 amide bonds. The molecule has 7 heteroatoms. The largest absolute Gasteiger partial charge is 0.396 e. The summed E-state index contributed by atoms with van der Waals surface area (Å²) in [5.74, 6) is 0.236. The molecule has 1 fully saturated rings. The van der Waals surface area contributed by atoms with E-state index in [4.69, 9.17) is 10.4 Å². The second-order valence-corrected chi connectivity index (χ2v) is 7.51. The first-order valence-electron chi connectivity index (χ1n) is 5.69. The molecule has 0 aliphatic carbocycles. The van der Waals surface area contributed by atoms with Crippen LogP contribution < -0.4 is 0 Å². The number of hydrogen-bond donors (Lipinski definition) is 1. The highest BCUT2D eigenvalue weighted by atomic mass is 32.2. The van der Waals surface area contributed by atoms with Crippen LogP contribution in [0, 0.1) is 17.2 Å². The minimum Gasteiger partial charge on any atom is -0.396 e. The predicted octanol–water partition coefficient (Wildman–Crippen LogP) is 1.01. The van der Waals surface area contributed by atoms with E-state index in [-0.39, 0.29) is 16.7 Å². The molecule has 2 rings (SSSR count). The van der Waals surface area contributed by atoms with Crippen molar-refractivity contribution in [2.75, 3.05) is 19.7 Å². The van der Waals surface area contributed by atoms with E-state index in [0.29, 0.717) is 24.4 Å². The summed E-state index contributed by atoms with van der Waals surface area (Å²) in [7, 11) is -3.46. The van der Waals surface area contributed by atoms with E-state index in [2.05, 4.69) is 0 Å². The van der Waals surface area contributed by atoms with Gasteiger partial charge in [0.25, 0.3) is 10.0 Å². The Balaban J connectivity index is 2.15. The normalized spacial score (nSPS) is 21.0. The molecule has 98 valence electrons. The van der Waals surface area contributed by atoms with E-state index in [1.165, 1.54) is 16.4 Å². The van der Waals surface area contributed by atoms with Gasteiger partial charge in [-0.05, 0) is 30.9 Å². The molecule has 18 heavy (non-hydrogen) atoms. The van der Waals surface area contributed by atoms with E-state index < -0.39 is 10.0 Å². The van der Waals surface area contributed by atoms with E-state index >= 15 is 0 Å². The predicted molar refractivity (Wildman–Crippen MR) is 67.6 cm³/mol. The topological polar surface area (TPSA) is 81.4 Å². The van der Waals surface area contributed by atoms with Gasteiger partial charge in [0.05, 0.1) is 0 Å². The summed E-state index contributed by atoms with van der Waals surface area (Å²) in [5.41, 5.74) is 0. The molecule has 1 unspecified atom stereocenters. The average Bonchev–Trinajstić information content (AvgIpc) is 2.98. The van der Waals surface area contributed by atoms with Crippen molar-refractivity contribution in [1.29, 1.82) is 5.26 Å². The summed E-state index contributed by atoms with van der Waals surface area (Å²) in [5, 5.41) is 17.6. The summed E-state index contributed by atoms with van der Waals surface area (Å²) >= 11 is 1.00. The smallest absolute Gasteiger partial charge is 0.252 e. The maximum atomic E-state index is 12.3. The van der Waals surface area contributed by atoms with Crippen molar-refractivity contribution < 1.29 is 13.5 Å². The summed E-state index contributed by atoms with van der Waals surface area (Å²) in [6.45, 7) is 1.05. The van der Waals surface area contributed by atoms with Gasteiger partial charge >= 0.3 is 0 Å². The number of sulfonamides is 1. The molecule has 1 N–H and O–H groups in total. The van der Waals surface area contributed by atoms with Crippen molar-refractivity contribution >= 4 is 21.4 Å². The van der Waals surface area contributed by atoms with Crippen LogP contribution in [0.25, 0.3) is 0 Å². The molecule has 5 nitrogen and oxygen atoms in total. The minimum absolute atomic E-state index is 0.0934. The average molecular weight is 286 g/mol. The van der Waals surface area contributed by atoms with Gasteiger partial charge in [0.1, 0.15) is 15.2 Å². The van der Waals surface area contributed by atoms with Crippen molar-refractivity contribution in [1.82, 2.24) is 4.31 Å². The van der Waals surface area contributed by atoms with Gasteiger partial charge in [-0.3, -0.25) is 0 Å². The third-order valence-corrected chi connectivity index (χ3v) is 6.39. The Morgan fingerprint density at radius 2 is 2.33 bits per heavy atom. The van der Waals surface area contributed by atoms with Crippen LogP contribution in [0.15, 0.2) is 16.3 Å². The number of nitriles is 1. The Labute approximate surface area is 110 Å². The fourth-order valence-electron chi connectivity index (χ4n) is 2.08. The first kappa shape index (κ1) is 13.5. The number of nitrogens with zero attached hydrogens (tertiary/aromatic N) is 2. The lowest BCUT2D eigenvalue weighted by atomic mass is 10.1. The van der Waals surface area contributed by atoms with Crippen LogP contribution in [-0.2, 0) is 10.0 Å². The van der Waals surface area contributed by atoms with Crippen molar-refractivity contribution in [3.8, 4) is 6.07 Å². The van der Waals surface area contributed by atoms with Crippen molar-refractivity contribution in [3.63, 3.8) is 0 Å². The number of aliphatic hydroxyl groups excluding tert-OH is 1. The van der Waals surface area contributed by atoms with Crippen LogP contribution in [0.1, 0.15) is 17.7 Å². The summed E-state index contributed by atoms with van der Waals surface area (Å²) in [6, 6.07) is 4.95. The molecule has 1 aliphatic rings. The Bertz CT molecular complexity index is 559. The highest BCUT2D eigenvalue weighted by Crippen LogP contribution is 2.29. The summed E-state index contributed by atoms with van der Waals surface area (Å²) in [6.07, 6.45) is 1.43. The van der Waals surface area contributed by atoms with Crippen molar-refractivity contribution in [2.24, 2.45) is 5.92 Å². The van der Waals surface area contributed by atoms with Gasteiger partial charge in [-0.25, -0.2) is 8.42 Å². The van der Waals surface area contributed by atoms with E-state index in [1.807, 2.05) is 6.07 Å². The Morgan fingerprint density at radius 3 is 2.94 bits per heavy atom. The third kappa shape index (κ3) is 2.57. The Hall–Kier alpha value is -0.940. The van der Waals surface area contributed by atoms with Gasteiger partial charge < -0.3 is 5.11 Å². The fraction of sp³-hybridized carbons (Fsp3) is 0.545. The molecule has 0 aromatic carbocycles. The first-order chi connectivity index (χ1) is 8.57. The number of hydrogen-bond acceptors (Lipinski definition) is 5. The van der Waals surface area contributed by atoms with Gasteiger partial charge in [0.2, 0.25) is 0 Å². The first-order valence-corrected chi connectivity index (χ1v) is 7.94. The number of aliphatic hydroxyl groups is 1. The van der Waals surface area contributed by atoms with Gasteiger partial charge in [-0.1, -0.05) is 0 Å². The van der Waals surface area contributed by atoms with Gasteiger partial charge in [-0.2, -0.15) is 9.57 Å². The minimum atomic E-state index is -3.46. The molecule has 1 aromatic rings. The van der Waals surface area contributed by atoms with E-state index in [1.54, 1.807) is 0 Å². The lowest BCUT2D eigenvalue weighted by Gasteiger charge is -2.14. The molecule has 1 aliphatic heterocycles. The molecule has 1 aromatic heterocycles. The molecular formula is C11H14N2O3S2. The zero-order valence-electron chi connectivity index (χ0n) is 9.74. The van der Waals surface area contributed by atoms with Crippen LogP contribution in [0.5, 0.6) is 0 Å². The molecule has 0 spiro atoms. The van der Waals surface area contributed by atoms with Gasteiger partial charge in [0, 0.05) is 19.7 Å². The van der Waals surface area contributed by atoms with Crippen LogP contribution >= 0.6 is 11.3 Å². The monoisotopic (exact) mass is 286 g/mol. The Morgan fingerprint density at radius 1 is 1.56 bits per heavy atom. The summed E-state index contributed by atoms with van der Waals surface area (Å²) < 4.78 is 26.2. The second kappa shape index (κ2) is 5.36. The molecule has 0 saturated carbocycles. The highest BCUT2D eigenvalue weighted by molar-refractivity contribution is 7.91. The quantitative estimate of drug-likeness (QED) is 0.895. The molecule has 0 radical (unpaired) electrons. The zero-order valence-corrected chi connectivity index (χ0v) is 11.4. The zero-order chi connectivity index (χ0) is 13.2. The Kier molecular flexibility index (Phi) is 4.02.